The summed E-state index contributed by atoms with van der Waals surface area (Å²) < 4.78 is 11.2. The number of carboxylic acid groups (broad SMARTS) is 1. The van der Waals surface area contributed by atoms with Gasteiger partial charge in [0.1, 0.15) is 6.04 Å². The van der Waals surface area contributed by atoms with Crippen molar-refractivity contribution < 1.29 is 18.9 Å². The van der Waals surface area contributed by atoms with E-state index in [2.05, 4.69) is 5.32 Å². The molecule has 18 heavy (non-hydrogen) atoms. The van der Waals surface area contributed by atoms with Gasteiger partial charge in [0, 0.05) is 35.4 Å². The zero-order valence-corrected chi connectivity index (χ0v) is 11.9. The molecular weight excluding hydrogens is 276 g/mol. The molecule has 1 saturated heterocycles. The lowest BCUT2D eigenvalue weighted by Crippen LogP contribution is -2.51. The molecule has 0 aromatic rings. The molecule has 1 rings (SSSR count). The van der Waals surface area contributed by atoms with Gasteiger partial charge in [-0.2, -0.15) is 11.8 Å². The SMILES string of the molecule is CSCC[C@H](NC(=O)N1CCS(=O)CC1)C(=O)O. The molecule has 0 aromatic heterocycles. The summed E-state index contributed by atoms with van der Waals surface area (Å²) in [6.45, 7) is 0.848. The van der Waals surface area contributed by atoms with Gasteiger partial charge in [-0.25, -0.2) is 9.59 Å². The van der Waals surface area contributed by atoms with E-state index >= 15 is 0 Å². The topological polar surface area (TPSA) is 86.7 Å². The Labute approximate surface area is 113 Å². The molecule has 0 aliphatic carbocycles. The fraction of sp³-hybridized carbons (Fsp3) is 0.800. The van der Waals surface area contributed by atoms with E-state index in [1.165, 1.54) is 4.90 Å². The highest BCUT2D eigenvalue weighted by atomic mass is 32.2. The van der Waals surface area contributed by atoms with Gasteiger partial charge < -0.3 is 15.3 Å². The minimum atomic E-state index is -1.02. The molecule has 104 valence electrons. The van der Waals surface area contributed by atoms with Crippen LogP contribution in [0, 0.1) is 0 Å². The first-order chi connectivity index (χ1) is 8.54. The molecule has 1 atom stereocenters. The van der Waals surface area contributed by atoms with Crippen LogP contribution in [0.4, 0.5) is 4.79 Å². The number of rotatable bonds is 5. The molecule has 0 radical (unpaired) electrons. The van der Waals surface area contributed by atoms with Crippen LogP contribution >= 0.6 is 11.8 Å². The van der Waals surface area contributed by atoms with Crippen molar-refractivity contribution in [2.24, 2.45) is 0 Å². The molecule has 8 heteroatoms. The van der Waals surface area contributed by atoms with Crippen LogP contribution in [0.3, 0.4) is 0 Å². The second-order valence-electron chi connectivity index (χ2n) is 3.96. The standard InChI is InChI=1S/C10H18N2O4S2/c1-17-5-2-8(9(13)14)11-10(15)12-3-6-18(16)7-4-12/h8H,2-7H2,1H3,(H,11,15)(H,13,14)/t8-/m0/s1. The van der Waals surface area contributed by atoms with Gasteiger partial charge in [0.25, 0.3) is 0 Å². The summed E-state index contributed by atoms with van der Waals surface area (Å²) in [6, 6.07) is -1.22. The molecule has 1 heterocycles. The van der Waals surface area contributed by atoms with E-state index in [0.29, 0.717) is 36.8 Å². The highest BCUT2D eigenvalue weighted by Crippen LogP contribution is 2.04. The fourth-order valence-electron chi connectivity index (χ4n) is 1.57. The molecule has 0 unspecified atom stereocenters. The minimum absolute atomic E-state index is 0.375. The number of thioether (sulfide) groups is 1. The molecule has 1 aliphatic heterocycles. The van der Waals surface area contributed by atoms with Crippen LogP contribution < -0.4 is 5.32 Å². The molecule has 6 nitrogen and oxygen atoms in total. The lowest BCUT2D eigenvalue weighted by Gasteiger charge is -2.28. The molecule has 2 N–H and O–H groups in total. The second kappa shape index (κ2) is 7.63. The van der Waals surface area contributed by atoms with Crippen molar-refractivity contribution >= 4 is 34.6 Å². The van der Waals surface area contributed by atoms with Crippen molar-refractivity contribution in [3.63, 3.8) is 0 Å². The van der Waals surface area contributed by atoms with Crippen LogP contribution in [0.25, 0.3) is 0 Å². The van der Waals surface area contributed by atoms with E-state index in [4.69, 9.17) is 5.11 Å². The van der Waals surface area contributed by atoms with E-state index in [1.54, 1.807) is 11.8 Å². The molecule has 1 aliphatic rings. The van der Waals surface area contributed by atoms with Crippen LogP contribution in [0.2, 0.25) is 0 Å². The summed E-state index contributed by atoms with van der Waals surface area (Å²) in [7, 11) is -0.845. The van der Waals surface area contributed by atoms with Gasteiger partial charge >= 0.3 is 12.0 Å². The quantitative estimate of drug-likeness (QED) is 0.743. The van der Waals surface area contributed by atoms with E-state index in [9.17, 15) is 13.8 Å². The first kappa shape index (κ1) is 15.3. The smallest absolute Gasteiger partial charge is 0.326 e. The van der Waals surface area contributed by atoms with Gasteiger partial charge in [0.05, 0.1) is 0 Å². The summed E-state index contributed by atoms with van der Waals surface area (Å²) in [5.41, 5.74) is 0. The Kier molecular flexibility index (Phi) is 6.48. The normalized spacial score (nSPS) is 18.4. The van der Waals surface area contributed by atoms with E-state index in [-0.39, 0.29) is 6.03 Å². The summed E-state index contributed by atoms with van der Waals surface area (Å²) >= 11 is 1.54. The van der Waals surface area contributed by atoms with Gasteiger partial charge in [-0.3, -0.25) is 4.21 Å². The van der Waals surface area contributed by atoms with E-state index in [0.717, 1.165) is 0 Å². The number of amides is 2. The van der Waals surface area contributed by atoms with Gasteiger partial charge in [0.15, 0.2) is 0 Å². The Balaban J connectivity index is 2.45. The Morgan fingerprint density at radius 1 is 1.44 bits per heavy atom. The number of carboxylic acids is 1. The maximum absolute atomic E-state index is 11.8. The summed E-state index contributed by atoms with van der Waals surface area (Å²) in [6.07, 6.45) is 2.29. The largest absolute Gasteiger partial charge is 0.480 e. The van der Waals surface area contributed by atoms with Crippen molar-refractivity contribution in [2.45, 2.75) is 12.5 Å². The molecule has 0 bridgehead atoms. The van der Waals surface area contributed by atoms with Crippen molar-refractivity contribution in [1.29, 1.82) is 0 Å². The number of urea groups is 1. The first-order valence-corrected chi connectivity index (χ1v) is 8.55. The van der Waals surface area contributed by atoms with Gasteiger partial charge in [0.2, 0.25) is 0 Å². The zero-order chi connectivity index (χ0) is 13.5. The Bertz CT molecular complexity index is 328. The Morgan fingerprint density at radius 3 is 2.56 bits per heavy atom. The maximum atomic E-state index is 11.8. The van der Waals surface area contributed by atoms with Crippen molar-refractivity contribution in [3.8, 4) is 0 Å². The third-order valence-corrected chi connectivity index (χ3v) is 4.59. The third kappa shape index (κ3) is 4.85. The van der Waals surface area contributed by atoms with Crippen LogP contribution in [0.1, 0.15) is 6.42 Å². The zero-order valence-electron chi connectivity index (χ0n) is 10.3. The average molecular weight is 294 g/mol. The average Bonchev–Trinajstić information content (AvgIpc) is 2.34. The number of carbonyl (C=O) groups is 2. The predicted octanol–water partition coefficient (Wildman–Crippen LogP) is -0.0334. The van der Waals surface area contributed by atoms with Crippen molar-refractivity contribution in [2.75, 3.05) is 36.6 Å². The highest BCUT2D eigenvalue weighted by molar-refractivity contribution is 7.98. The number of hydrogen-bond acceptors (Lipinski definition) is 4. The lowest BCUT2D eigenvalue weighted by molar-refractivity contribution is -0.139. The molecule has 2 amide bonds. The molecular formula is C10H18N2O4S2. The fourth-order valence-corrected chi connectivity index (χ4v) is 3.10. The monoisotopic (exact) mass is 294 g/mol. The number of carbonyl (C=O) groups excluding carboxylic acids is 1. The minimum Gasteiger partial charge on any atom is -0.480 e. The number of hydrogen-bond donors (Lipinski definition) is 2. The van der Waals surface area contributed by atoms with Crippen molar-refractivity contribution in [1.82, 2.24) is 10.2 Å². The maximum Gasteiger partial charge on any atom is 0.326 e. The van der Waals surface area contributed by atoms with Gasteiger partial charge in [-0.15, -0.1) is 0 Å². The first-order valence-electron chi connectivity index (χ1n) is 5.66. The van der Waals surface area contributed by atoms with Crippen molar-refractivity contribution in [3.05, 3.63) is 0 Å². The lowest BCUT2D eigenvalue weighted by atomic mass is 10.2. The molecule has 0 aromatic carbocycles. The summed E-state index contributed by atoms with van der Waals surface area (Å²) in [5, 5.41) is 11.5. The number of nitrogens with zero attached hydrogens (tertiary/aromatic N) is 1. The van der Waals surface area contributed by atoms with Gasteiger partial charge in [-0.05, 0) is 18.4 Å². The predicted molar refractivity (Wildman–Crippen MR) is 72.4 cm³/mol. The van der Waals surface area contributed by atoms with Gasteiger partial charge in [-0.1, -0.05) is 0 Å². The Morgan fingerprint density at radius 2 is 2.06 bits per heavy atom. The Hall–Kier alpha value is -0.760. The van der Waals surface area contributed by atoms with Crippen LogP contribution in [-0.4, -0.2) is 68.9 Å². The van der Waals surface area contributed by atoms with E-state index in [1.807, 2.05) is 6.26 Å². The van der Waals surface area contributed by atoms with Crippen LogP contribution in [0.15, 0.2) is 0 Å². The van der Waals surface area contributed by atoms with Crippen LogP contribution in [-0.2, 0) is 15.6 Å². The van der Waals surface area contributed by atoms with Crippen LogP contribution in [0.5, 0.6) is 0 Å². The third-order valence-electron chi connectivity index (χ3n) is 2.67. The number of nitrogens with one attached hydrogen (secondary N) is 1. The molecule has 1 fully saturated rings. The van der Waals surface area contributed by atoms with E-state index < -0.39 is 22.8 Å². The molecule has 0 saturated carbocycles. The summed E-state index contributed by atoms with van der Waals surface area (Å²) in [4.78, 5) is 24.3. The number of aliphatic carboxylic acids is 1. The highest BCUT2D eigenvalue weighted by Gasteiger charge is 2.25. The second-order valence-corrected chi connectivity index (χ2v) is 6.64. The summed E-state index contributed by atoms with van der Waals surface area (Å²) in [5.74, 6) is 0.603. The molecule has 0 spiro atoms.